The highest BCUT2D eigenvalue weighted by molar-refractivity contribution is 5.98. The highest BCUT2D eigenvalue weighted by Gasteiger charge is 2.13. The van der Waals surface area contributed by atoms with Crippen LogP contribution in [0.5, 0.6) is 11.5 Å². The normalized spacial score (nSPS) is 11.6. The fourth-order valence-corrected chi connectivity index (χ4v) is 3.44. The maximum Gasteiger partial charge on any atom is 0.303 e. The lowest BCUT2D eigenvalue weighted by molar-refractivity contribution is -0.137. The minimum absolute atomic E-state index is 0.1000. The van der Waals surface area contributed by atoms with Gasteiger partial charge in [-0.3, -0.25) is 4.79 Å². The first-order valence-corrected chi connectivity index (χ1v) is 10.1. The van der Waals surface area contributed by atoms with Crippen molar-refractivity contribution in [1.29, 1.82) is 0 Å². The van der Waals surface area contributed by atoms with E-state index in [1.54, 1.807) is 12.1 Å². The molecule has 0 unspecified atom stereocenters. The van der Waals surface area contributed by atoms with Gasteiger partial charge in [0.15, 0.2) is 0 Å². The van der Waals surface area contributed by atoms with Gasteiger partial charge in [-0.1, -0.05) is 61.5 Å². The van der Waals surface area contributed by atoms with Crippen LogP contribution in [0, 0.1) is 0 Å². The van der Waals surface area contributed by atoms with Crippen LogP contribution in [0.3, 0.4) is 0 Å². The molecule has 0 saturated heterocycles. The van der Waals surface area contributed by atoms with Crippen molar-refractivity contribution in [1.82, 2.24) is 0 Å². The summed E-state index contributed by atoms with van der Waals surface area (Å²) in [7, 11) is 0. The molecular formula is C26H26O4. The van der Waals surface area contributed by atoms with Gasteiger partial charge in [0.25, 0.3) is 0 Å². The number of benzene rings is 3. The number of carbonyl (C=O) groups is 1. The standard InChI is InChI=1S/C26H26O4/c1-2-24(19-7-4-3-5-8-19)26(20-10-14-22(27)15-11-20)21-12-16-23(17-13-21)30-18-6-9-25(28)29/h3-5,7-8,10-17,27H,2,6,9,18H2,1H3,(H,28,29)/b26-24-. The minimum Gasteiger partial charge on any atom is -0.508 e. The molecule has 0 aliphatic carbocycles. The summed E-state index contributed by atoms with van der Waals surface area (Å²) in [6.07, 6.45) is 1.43. The zero-order valence-electron chi connectivity index (χ0n) is 17.0. The minimum atomic E-state index is -0.814. The van der Waals surface area contributed by atoms with Gasteiger partial charge in [0.1, 0.15) is 11.5 Å². The van der Waals surface area contributed by atoms with Gasteiger partial charge in [-0.2, -0.15) is 0 Å². The van der Waals surface area contributed by atoms with E-state index >= 15 is 0 Å². The average molecular weight is 402 g/mol. The molecule has 0 aliphatic rings. The number of phenols is 1. The van der Waals surface area contributed by atoms with E-state index < -0.39 is 5.97 Å². The zero-order valence-corrected chi connectivity index (χ0v) is 17.0. The Balaban J connectivity index is 1.96. The Morgan fingerprint density at radius 2 is 1.43 bits per heavy atom. The molecule has 0 radical (unpaired) electrons. The van der Waals surface area contributed by atoms with Crippen LogP contribution < -0.4 is 4.74 Å². The fraction of sp³-hybridized carbons (Fsp3) is 0.192. The number of aliphatic carboxylic acids is 1. The van der Waals surface area contributed by atoms with Gasteiger partial charge in [0.2, 0.25) is 0 Å². The molecule has 3 rings (SSSR count). The third-order valence-electron chi connectivity index (χ3n) is 4.88. The molecular weight excluding hydrogens is 376 g/mol. The van der Waals surface area contributed by atoms with Gasteiger partial charge in [0.05, 0.1) is 6.61 Å². The molecule has 154 valence electrons. The van der Waals surface area contributed by atoms with Crippen LogP contribution in [-0.2, 0) is 4.79 Å². The second kappa shape index (κ2) is 10.3. The van der Waals surface area contributed by atoms with Crippen LogP contribution in [0.25, 0.3) is 11.1 Å². The molecule has 3 aromatic carbocycles. The van der Waals surface area contributed by atoms with E-state index in [0.717, 1.165) is 28.7 Å². The van der Waals surface area contributed by atoms with Gasteiger partial charge in [-0.25, -0.2) is 0 Å². The van der Waals surface area contributed by atoms with Crippen LogP contribution in [-0.4, -0.2) is 22.8 Å². The van der Waals surface area contributed by atoms with E-state index in [4.69, 9.17) is 9.84 Å². The number of allylic oxidation sites excluding steroid dienone is 1. The summed E-state index contributed by atoms with van der Waals surface area (Å²) in [5.41, 5.74) is 5.58. The van der Waals surface area contributed by atoms with Crippen LogP contribution in [0.4, 0.5) is 0 Å². The lowest BCUT2D eigenvalue weighted by Gasteiger charge is -2.17. The largest absolute Gasteiger partial charge is 0.508 e. The van der Waals surface area contributed by atoms with Crippen molar-refractivity contribution in [3.8, 4) is 11.5 Å². The number of carboxylic acids is 1. The number of ether oxygens (including phenoxy) is 1. The smallest absolute Gasteiger partial charge is 0.303 e. The monoisotopic (exact) mass is 402 g/mol. The molecule has 0 fully saturated rings. The van der Waals surface area contributed by atoms with Gasteiger partial charge >= 0.3 is 5.97 Å². The Hall–Kier alpha value is -3.53. The van der Waals surface area contributed by atoms with Crippen molar-refractivity contribution in [2.45, 2.75) is 26.2 Å². The van der Waals surface area contributed by atoms with E-state index in [0.29, 0.717) is 18.8 Å². The van der Waals surface area contributed by atoms with Crippen molar-refractivity contribution < 1.29 is 19.7 Å². The maximum atomic E-state index is 10.6. The molecule has 0 atom stereocenters. The topological polar surface area (TPSA) is 66.8 Å². The van der Waals surface area contributed by atoms with Crippen molar-refractivity contribution in [2.75, 3.05) is 6.61 Å². The van der Waals surface area contributed by atoms with Crippen molar-refractivity contribution in [3.05, 3.63) is 95.6 Å². The second-order valence-corrected chi connectivity index (χ2v) is 6.99. The highest BCUT2D eigenvalue weighted by atomic mass is 16.5. The van der Waals surface area contributed by atoms with Crippen molar-refractivity contribution in [2.24, 2.45) is 0 Å². The van der Waals surface area contributed by atoms with Crippen LogP contribution in [0.1, 0.15) is 42.9 Å². The summed E-state index contributed by atoms with van der Waals surface area (Å²) in [4.78, 5) is 10.6. The summed E-state index contributed by atoms with van der Waals surface area (Å²) in [5, 5.41) is 18.5. The lowest BCUT2D eigenvalue weighted by atomic mass is 9.88. The van der Waals surface area contributed by atoms with E-state index in [1.807, 2.05) is 54.6 Å². The molecule has 30 heavy (non-hydrogen) atoms. The van der Waals surface area contributed by atoms with Crippen LogP contribution >= 0.6 is 0 Å². The Morgan fingerprint density at radius 1 is 0.833 bits per heavy atom. The molecule has 0 amide bonds. The zero-order chi connectivity index (χ0) is 21.3. The van der Waals surface area contributed by atoms with Crippen molar-refractivity contribution >= 4 is 17.1 Å². The Morgan fingerprint density at radius 3 is 2.00 bits per heavy atom. The van der Waals surface area contributed by atoms with E-state index in [2.05, 4.69) is 19.1 Å². The number of hydrogen-bond acceptors (Lipinski definition) is 3. The summed E-state index contributed by atoms with van der Waals surface area (Å²) in [6.45, 7) is 2.51. The number of hydrogen-bond donors (Lipinski definition) is 2. The van der Waals surface area contributed by atoms with Gasteiger partial charge in [-0.15, -0.1) is 0 Å². The number of aromatic hydroxyl groups is 1. The summed E-state index contributed by atoms with van der Waals surface area (Å²) in [6, 6.07) is 25.4. The van der Waals surface area contributed by atoms with Gasteiger partial charge < -0.3 is 14.9 Å². The maximum absolute atomic E-state index is 10.6. The molecule has 2 N–H and O–H groups in total. The molecule has 0 bridgehead atoms. The Kier molecular flexibility index (Phi) is 7.28. The first-order chi connectivity index (χ1) is 14.6. The third-order valence-corrected chi connectivity index (χ3v) is 4.88. The Bertz CT molecular complexity index is 987. The summed E-state index contributed by atoms with van der Waals surface area (Å²) < 4.78 is 5.67. The average Bonchev–Trinajstić information content (AvgIpc) is 2.77. The summed E-state index contributed by atoms with van der Waals surface area (Å²) >= 11 is 0. The third kappa shape index (κ3) is 5.51. The van der Waals surface area contributed by atoms with E-state index in [9.17, 15) is 9.90 Å². The molecule has 0 aromatic heterocycles. The van der Waals surface area contributed by atoms with Crippen LogP contribution in [0.15, 0.2) is 78.9 Å². The molecule has 0 heterocycles. The predicted octanol–water partition coefficient (Wildman–Crippen LogP) is 6.00. The van der Waals surface area contributed by atoms with Crippen LogP contribution in [0.2, 0.25) is 0 Å². The first-order valence-electron chi connectivity index (χ1n) is 10.1. The van der Waals surface area contributed by atoms with E-state index in [-0.39, 0.29) is 12.2 Å². The number of phenolic OH excluding ortho intramolecular Hbond substituents is 1. The number of carboxylic acid groups (broad SMARTS) is 1. The SMILES string of the molecule is CC/C(=C(\c1ccc(O)cc1)c1ccc(OCCCC(=O)O)cc1)c1ccccc1. The first kappa shape index (κ1) is 21.2. The lowest BCUT2D eigenvalue weighted by Crippen LogP contribution is -2.02. The van der Waals surface area contributed by atoms with Crippen molar-refractivity contribution in [3.63, 3.8) is 0 Å². The molecule has 4 nitrogen and oxygen atoms in total. The predicted molar refractivity (Wildman–Crippen MR) is 120 cm³/mol. The molecule has 3 aromatic rings. The Labute approximate surface area is 177 Å². The molecule has 4 heteroatoms. The quantitative estimate of drug-likeness (QED) is 0.340. The molecule has 0 saturated carbocycles. The molecule has 0 spiro atoms. The van der Waals surface area contributed by atoms with E-state index in [1.165, 1.54) is 5.57 Å². The highest BCUT2D eigenvalue weighted by Crippen LogP contribution is 2.35. The van der Waals surface area contributed by atoms with Gasteiger partial charge in [-0.05, 0) is 64.9 Å². The van der Waals surface area contributed by atoms with Gasteiger partial charge in [0, 0.05) is 6.42 Å². The number of rotatable bonds is 9. The second-order valence-electron chi connectivity index (χ2n) is 6.99. The summed E-state index contributed by atoms with van der Waals surface area (Å²) in [5.74, 6) is 0.138. The fourth-order valence-electron chi connectivity index (χ4n) is 3.44. The molecule has 0 aliphatic heterocycles.